The highest BCUT2D eigenvalue weighted by Crippen LogP contribution is 2.64. The number of rotatable bonds is 10. The van der Waals surface area contributed by atoms with Gasteiger partial charge in [0.05, 0.1) is 5.41 Å². The van der Waals surface area contributed by atoms with E-state index in [-0.39, 0.29) is 36.0 Å². The molecule has 1 aromatic carbocycles. The summed E-state index contributed by atoms with van der Waals surface area (Å²) in [5.74, 6) is -2.63. The fourth-order valence-electron chi connectivity index (χ4n) is 6.69. The number of allylic oxidation sites excluding steroid dienone is 1. The van der Waals surface area contributed by atoms with Gasteiger partial charge in [0.1, 0.15) is 11.3 Å². The van der Waals surface area contributed by atoms with Crippen LogP contribution in [0.4, 0.5) is 0 Å². The van der Waals surface area contributed by atoms with Gasteiger partial charge in [0.2, 0.25) is 0 Å². The van der Waals surface area contributed by atoms with Crippen LogP contribution in [-0.4, -0.2) is 28.2 Å². The maximum Gasteiger partial charge on any atom is 0.191 e. The first-order chi connectivity index (χ1) is 17.7. The average molecular weight is 523 g/mol. The van der Waals surface area contributed by atoms with Crippen LogP contribution in [0.15, 0.2) is 35.9 Å². The zero-order valence-corrected chi connectivity index (χ0v) is 24.5. The molecule has 2 aliphatic carbocycles. The number of aliphatic hydroxyl groups is 1. The summed E-state index contributed by atoms with van der Waals surface area (Å²) in [6.07, 6.45) is 2.69. The summed E-state index contributed by atoms with van der Waals surface area (Å²) < 4.78 is 0. The molecule has 0 aliphatic heterocycles. The Hall–Kier alpha value is -2.56. The number of hydrogen-bond donors (Lipinski definition) is 1. The van der Waals surface area contributed by atoms with Gasteiger partial charge in [-0.2, -0.15) is 0 Å². The quantitative estimate of drug-likeness (QED) is 0.152. The van der Waals surface area contributed by atoms with Crippen molar-refractivity contribution in [3.63, 3.8) is 0 Å². The first-order valence-corrected chi connectivity index (χ1v) is 14.3. The van der Waals surface area contributed by atoms with E-state index in [1.807, 2.05) is 41.5 Å². The van der Waals surface area contributed by atoms with Crippen molar-refractivity contribution in [2.75, 3.05) is 0 Å². The van der Waals surface area contributed by atoms with Crippen LogP contribution in [0.3, 0.4) is 0 Å². The summed E-state index contributed by atoms with van der Waals surface area (Å²) in [6.45, 7) is 16.0. The van der Waals surface area contributed by atoms with Crippen LogP contribution < -0.4 is 0 Å². The molecule has 3 rings (SSSR count). The third-order valence-corrected chi connectivity index (χ3v) is 9.22. The van der Waals surface area contributed by atoms with Crippen molar-refractivity contribution >= 4 is 28.9 Å². The van der Waals surface area contributed by atoms with Crippen molar-refractivity contribution in [1.29, 1.82) is 0 Å². The molecule has 0 amide bonds. The number of fused-ring (bicyclic) bond motifs is 2. The van der Waals surface area contributed by atoms with E-state index in [1.165, 1.54) is 0 Å². The molecular formula is C33H46O5. The minimum atomic E-state index is -1.94. The highest BCUT2D eigenvalue weighted by molar-refractivity contribution is 6.48. The second kappa shape index (κ2) is 10.9. The van der Waals surface area contributed by atoms with Crippen LogP contribution in [0, 0.1) is 39.9 Å². The molecule has 0 aromatic heterocycles. The van der Waals surface area contributed by atoms with E-state index in [0.29, 0.717) is 30.7 Å². The molecule has 2 bridgehead atoms. The number of benzene rings is 1. The van der Waals surface area contributed by atoms with Crippen LogP contribution in [-0.2, 0) is 19.2 Å². The van der Waals surface area contributed by atoms with Gasteiger partial charge in [-0.15, -0.1) is 0 Å². The van der Waals surface area contributed by atoms with Crippen molar-refractivity contribution in [3.8, 4) is 0 Å². The Morgan fingerprint density at radius 2 is 1.32 bits per heavy atom. The zero-order chi connectivity index (χ0) is 28.6. The minimum Gasteiger partial charge on any atom is -0.506 e. The van der Waals surface area contributed by atoms with E-state index in [9.17, 15) is 24.3 Å². The molecule has 0 heterocycles. The number of aliphatic hydroxyl groups excluding tert-OH is 1. The number of carbonyl (C=O) groups excluding carboxylic acids is 4. The van der Waals surface area contributed by atoms with Gasteiger partial charge in [-0.3, -0.25) is 19.2 Å². The Kier molecular flexibility index (Phi) is 8.60. The third kappa shape index (κ3) is 4.60. The molecule has 0 spiro atoms. The second-order valence-corrected chi connectivity index (χ2v) is 13.4. The van der Waals surface area contributed by atoms with Gasteiger partial charge in [-0.25, -0.2) is 0 Å². The number of Topliss-reactive ketones (excluding diaryl/α,β-unsaturated/α-hetero) is 4. The minimum absolute atomic E-state index is 0.0672. The lowest BCUT2D eigenvalue weighted by Crippen LogP contribution is -2.73. The number of hydrogen-bond acceptors (Lipinski definition) is 5. The molecule has 38 heavy (non-hydrogen) atoms. The van der Waals surface area contributed by atoms with E-state index >= 15 is 0 Å². The van der Waals surface area contributed by atoms with Gasteiger partial charge >= 0.3 is 0 Å². The lowest BCUT2D eigenvalue weighted by atomic mass is 9.38. The maximum absolute atomic E-state index is 14.7. The van der Waals surface area contributed by atoms with Crippen LogP contribution in [0.2, 0.25) is 0 Å². The van der Waals surface area contributed by atoms with Crippen LogP contribution in [0.25, 0.3) is 5.76 Å². The van der Waals surface area contributed by atoms with Crippen LogP contribution in [0.1, 0.15) is 99.5 Å². The van der Waals surface area contributed by atoms with Crippen molar-refractivity contribution in [2.45, 2.75) is 93.9 Å². The second-order valence-electron chi connectivity index (χ2n) is 13.4. The van der Waals surface area contributed by atoms with E-state index < -0.39 is 45.3 Å². The SMILES string of the molecule is CC(C)CCC1C(=O)C2(CCC(C)C)C(=O)C(=C(O)c3ccccc3)C(=O)C(CCC(C)C)(C2=O)C1(C)C. The van der Waals surface area contributed by atoms with Crippen molar-refractivity contribution in [2.24, 2.45) is 39.9 Å². The van der Waals surface area contributed by atoms with Crippen LogP contribution >= 0.6 is 0 Å². The molecular weight excluding hydrogens is 476 g/mol. The summed E-state index contributed by atoms with van der Waals surface area (Å²) in [5.41, 5.74) is -4.55. The summed E-state index contributed by atoms with van der Waals surface area (Å²) >= 11 is 0. The lowest BCUT2D eigenvalue weighted by Gasteiger charge is -2.59. The largest absolute Gasteiger partial charge is 0.506 e. The highest BCUT2D eigenvalue weighted by atomic mass is 16.3. The normalized spacial score (nSPS) is 28.6. The molecule has 5 nitrogen and oxygen atoms in total. The van der Waals surface area contributed by atoms with Gasteiger partial charge in [-0.1, -0.05) is 92.1 Å². The van der Waals surface area contributed by atoms with Crippen molar-refractivity contribution in [3.05, 3.63) is 41.5 Å². The Labute approximate surface area is 228 Å². The molecule has 0 radical (unpaired) electrons. The Bertz CT molecular complexity index is 1120. The van der Waals surface area contributed by atoms with Gasteiger partial charge in [0.25, 0.3) is 0 Å². The number of ketones is 4. The van der Waals surface area contributed by atoms with Gasteiger partial charge in [-0.05, 0) is 55.3 Å². The Balaban J connectivity index is 2.41. The molecule has 2 saturated carbocycles. The summed E-state index contributed by atoms with van der Waals surface area (Å²) in [4.78, 5) is 58.3. The van der Waals surface area contributed by atoms with Gasteiger partial charge < -0.3 is 5.11 Å². The predicted molar refractivity (Wildman–Crippen MR) is 150 cm³/mol. The molecule has 0 saturated heterocycles. The summed E-state index contributed by atoms with van der Waals surface area (Å²) in [7, 11) is 0. The summed E-state index contributed by atoms with van der Waals surface area (Å²) in [6, 6.07) is 8.49. The van der Waals surface area contributed by atoms with Crippen LogP contribution in [0.5, 0.6) is 0 Å². The van der Waals surface area contributed by atoms with E-state index in [4.69, 9.17) is 0 Å². The highest BCUT2D eigenvalue weighted by Gasteiger charge is 2.77. The van der Waals surface area contributed by atoms with Crippen molar-refractivity contribution < 1.29 is 24.3 Å². The van der Waals surface area contributed by atoms with Gasteiger partial charge in [0, 0.05) is 11.5 Å². The van der Waals surface area contributed by atoms with Gasteiger partial charge in [0.15, 0.2) is 28.5 Å². The fraction of sp³-hybridized carbons (Fsp3) is 0.636. The fourth-order valence-corrected chi connectivity index (χ4v) is 6.69. The first-order valence-electron chi connectivity index (χ1n) is 14.3. The average Bonchev–Trinajstić information content (AvgIpc) is 2.83. The maximum atomic E-state index is 14.7. The molecule has 2 aliphatic rings. The Morgan fingerprint density at radius 3 is 1.84 bits per heavy atom. The molecule has 3 unspecified atom stereocenters. The smallest absolute Gasteiger partial charge is 0.191 e. The molecule has 5 heteroatoms. The van der Waals surface area contributed by atoms with E-state index in [0.717, 1.165) is 6.42 Å². The summed E-state index contributed by atoms with van der Waals surface area (Å²) in [5, 5.41) is 11.4. The Morgan fingerprint density at radius 1 is 0.789 bits per heavy atom. The molecule has 208 valence electrons. The first kappa shape index (κ1) is 30.0. The van der Waals surface area contributed by atoms with E-state index in [1.54, 1.807) is 30.3 Å². The molecule has 2 fully saturated rings. The molecule has 3 atom stereocenters. The number of carbonyl (C=O) groups is 4. The lowest BCUT2D eigenvalue weighted by molar-refractivity contribution is -0.181. The predicted octanol–water partition coefficient (Wildman–Crippen LogP) is 7.18. The topological polar surface area (TPSA) is 88.5 Å². The standard InChI is InChI=1S/C33H46O5/c1-20(2)14-15-24-27(35)32(18-16-21(3)4)28(36)25(26(34)23-12-10-9-11-13-23)29(37)33(30(32)38,31(24,7)8)19-17-22(5)6/h9-13,20-22,24,34H,14-19H2,1-8H3. The molecule has 1 N–H and O–H groups in total. The zero-order valence-electron chi connectivity index (χ0n) is 24.5. The van der Waals surface area contributed by atoms with E-state index in [2.05, 4.69) is 13.8 Å². The monoisotopic (exact) mass is 522 g/mol. The third-order valence-electron chi connectivity index (χ3n) is 9.22. The van der Waals surface area contributed by atoms with Crippen molar-refractivity contribution in [1.82, 2.24) is 0 Å². The molecule has 1 aromatic rings.